The highest BCUT2D eigenvalue weighted by molar-refractivity contribution is 5.81. The van der Waals surface area contributed by atoms with Crippen LogP contribution in [0, 0.1) is 17.8 Å². The molecule has 0 saturated heterocycles. The normalized spacial score (nSPS) is 11.6. The Hall–Kier alpha value is -2.37. The molecule has 2 amide bonds. The summed E-state index contributed by atoms with van der Waals surface area (Å²) in [6.45, 7) is 14.9. The molecule has 0 bridgehead atoms. The zero-order chi connectivity index (χ0) is 23.0. The Morgan fingerprint density at radius 1 is 1.03 bits per heavy atom. The fourth-order valence-electron chi connectivity index (χ4n) is 3.99. The van der Waals surface area contributed by atoms with E-state index in [-0.39, 0.29) is 24.3 Å². The third-order valence-electron chi connectivity index (χ3n) is 5.55. The Morgan fingerprint density at radius 3 is 2.23 bits per heavy atom. The van der Waals surface area contributed by atoms with Crippen molar-refractivity contribution in [1.82, 2.24) is 19.8 Å². The molecule has 2 rings (SSSR count). The van der Waals surface area contributed by atoms with Crippen LogP contribution in [-0.4, -0.2) is 45.9 Å². The quantitative estimate of drug-likeness (QED) is 0.549. The molecule has 0 aliphatic carbocycles. The number of aromatic nitrogens is 2. The van der Waals surface area contributed by atoms with Crippen molar-refractivity contribution in [2.24, 2.45) is 17.8 Å². The van der Waals surface area contributed by atoms with E-state index in [9.17, 15) is 9.59 Å². The van der Waals surface area contributed by atoms with E-state index >= 15 is 0 Å². The molecule has 0 unspecified atom stereocenters. The summed E-state index contributed by atoms with van der Waals surface area (Å²) in [6.07, 6.45) is 2.29. The van der Waals surface area contributed by atoms with Gasteiger partial charge in [-0.15, -0.1) is 0 Å². The molecule has 0 spiro atoms. The number of hydrogen-bond donors (Lipinski definition) is 1. The van der Waals surface area contributed by atoms with Gasteiger partial charge in [0.05, 0.1) is 11.0 Å². The van der Waals surface area contributed by atoms with E-state index < -0.39 is 0 Å². The standard InChI is InChI=1S/C25H40N4O2/c1-7-20(8-2)25(31)26-14-13-23-27-21-11-9-10-12-22(21)29(23)17-24(30)28(15-18(3)4)16-19(5)6/h9-12,18-20H,7-8,13-17H2,1-6H3,(H,26,31). The van der Waals surface area contributed by atoms with E-state index in [0.717, 1.165) is 42.8 Å². The molecule has 2 aromatic rings. The maximum absolute atomic E-state index is 13.2. The van der Waals surface area contributed by atoms with Gasteiger partial charge < -0.3 is 14.8 Å². The Kier molecular flexibility index (Phi) is 9.53. The first kappa shape index (κ1) is 24.9. The number of nitrogens with one attached hydrogen (secondary N) is 1. The van der Waals surface area contributed by atoms with Gasteiger partial charge in [-0.2, -0.15) is 0 Å². The zero-order valence-corrected chi connectivity index (χ0v) is 20.1. The van der Waals surface area contributed by atoms with Crippen LogP contribution in [0.2, 0.25) is 0 Å². The summed E-state index contributed by atoms with van der Waals surface area (Å²) < 4.78 is 2.02. The van der Waals surface area contributed by atoms with Crippen LogP contribution in [0.15, 0.2) is 24.3 Å². The van der Waals surface area contributed by atoms with Crippen molar-refractivity contribution in [3.8, 4) is 0 Å². The van der Waals surface area contributed by atoms with E-state index in [1.807, 2.05) is 47.6 Å². The van der Waals surface area contributed by atoms with Crippen LogP contribution in [-0.2, 0) is 22.6 Å². The molecule has 6 heteroatoms. The number of amides is 2. The SMILES string of the molecule is CCC(CC)C(=O)NCCc1nc2ccccc2n1CC(=O)N(CC(C)C)CC(C)C. The molecule has 0 radical (unpaired) electrons. The van der Waals surface area contributed by atoms with Crippen molar-refractivity contribution in [1.29, 1.82) is 0 Å². The smallest absolute Gasteiger partial charge is 0.242 e. The molecule has 0 atom stereocenters. The van der Waals surface area contributed by atoms with Gasteiger partial charge in [-0.1, -0.05) is 53.7 Å². The van der Waals surface area contributed by atoms with Crippen LogP contribution >= 0.6 is 0 Å². The maximum atomic E-state index is 13.2. The fraction of sp³-hybridized carbons (Fsp3) is 0.640. The van der Waals surface area contributed by atoms with Crippen LogP contribution in [0.5, 0.6) is 0 Å². The molecule has 6 nitrogen and oxygen atoms in total. The first-order chi connectivity index (χ1) is 14.8. The van der Waals surface area contributed by atoms with Gasteiger partial charge in [-0.05, 0) is 36.8 Å². The zero-order valence-electron chi connectivity index (χ0n) is 20.1. The lowest BCUT2D eigenvalue weighted by Gasteiger charge is -2.27. The second-order valence-electron chi connectivity index (χ2n) is 9.24. The Balaban J connectivity index is 2.19. The van der Waals surface area contributed by atoms with Gasteiger partial charge in [0, 0.05) is 32.0 Å². The third kappa shape index (κ3) is 7.08. The van der Waals surface area contributed by atoms with E-state index in [4.69, 9.17) is 4.98 Å². The third-order valence-corrected chi connectivity index (χ3v) is 5.55. The van der Waals surface area contributed by atoms with Gasteiger partial charge in [0.15, 0.2) is 0 Å². The second kappa shape index (κ2) is 11.9. The summed E-state index contributed by atoms with van der Waals surface area (Å²) in [7, 11) is 0. The van der Waals surface area contributed by atoms with E-state index in [0.29, 0.717) is 24.8 Å². The number of para-hydroxylation sites is 2. The number of imidazole rings is 1. The van der Waals surface area contributed by atoms with E-state index in [1.165, 1.54) is 0 Å². The van der Waals surface area contributed by atoms with Crippen LogP contribution in [0.3, 0.4) is 0 Å². The maximum Gasteiger partial charge on any atom is 0.242 e. The largest absolute Gasteiger partial charge is 0.355 e. The molecule has 172 valence electrons. The highest BCUT2D eigenvalue weighted by Gasteiger charge is 2.20. The molecule has 1 aromatic carbocycles. The van der Waals surface area contributed by atoms with Gasteiger partial charge in [-0.25, -0.2) is 4.98 Å². The van der Waals surface area contributed by atoms with Crippen molar-refractivity contribution in [2.45, 2.75) is 67.3 Å². The summed E-state index contributed by atoms with van der Waals surface area (Å²) >= 11 is 0. The molecule has 0 aliphatic rings. The number of carbonyl (C=O) groups excluding carboxylic acids is 2. The van der Waals surface area contributed by atoms with Crippen molar-refractivity contribution >= 4 is 22.8 Å². The first-order valence-electron chi connectivity index (χ1n) is 11.8. The number of fused-ring (bicyclic) bond motifs is 1. The van der Waals surface area contributed by atoms with Crippen LogP contribution in [0.25, 0.3) is 11.0 Å². The summed E-state index contributed by atoms with van der Waals surface area (Å²) in [5.41, 5.74) is 1.85. The minimum atomic E-state index is 0.0565. The Labute approximate surface area is 187 Å². The number of nitrogens with zero attached hydrogens (tertiary/aromatic N) is 3. The average Bonchev–Trinajstić information content (AvgIpc) is 3.05. The summed E-state index contributed by atoms with van der Waals surface area (Å²) in [5.74, 6) is 1.95. The summed E-state index contributed by atoms with van der Waals surface area (Å²) in [5, 5.41) is 3.05. The van der Waals surface area contributed by atoms with Crippen LogP contribution < -0.4 is 5.32 Å². The highest BCUT2D eigenvalue weighted by Crippen LogP contribution is 2.18. The molecular formula is C25H40N4O2. The van der Waals surface area contributed by atoms with Crippen molar-refractivity contribution in [3.05, 3.63) is 30.1 Å². The Morgan fingerprint density at radius 2 is 1.65 bits per heavy atom. The van der Waals surface area contributed by atoms with Crippen LogP contribution in [0.4, 0.5) is 0 Å². The number of carbonyl (C=O) groups is 2. The molecule has 1 heterocycles. The van der Waals surface area contributed by atoms with Gasteiger partial charge >= 0.3 is 0 Å². The van der Waals surface area contributed by atoms with E-state index in [2.05, 4.69) is 33.0 Å². The molecule has 0 aliphatic heterocycles. The Bertz CT molecular complexity index is 842. The summed E-state index contributed by atoms with van der Waals surface area (Å²) in [4.78, 5) is 32.3. The number of rotatable bonds is 12. The van der Waals surface area contributed by atoms with Gasteiger partial charge in [0.1, 0.15) is 12.4 Å². The van der Waals surface area contributed by atoms with Gasteiger partial charge in [0.25, 0.3) is 0 Å². The lowest BCUT2D eigenvalue weighted by Crippen LogP contribution is -2.39. The molecule has 1 aromatic heterocycles. The number of hydrogen-bond acceptors (Lipinski definition) is 3. The van der Waals surface area contributed by atoms with Gasteiger partial charge in [-0.3, -0.25) is 9.59 Å². The lowest BCUT2D eigenvalue weighted by molar-refractivity contribution is -0.133. The molecule has 0 saturated carbocycles. The highest BCUT2D eigenvalue weighted by atomic mass is 16.2. The minimum Gasteiger partial charge on any atom is -0.355 e. The van der Waals surface area contributed by atoms with Crippen LogP contribution in [0.1, 0.15) is 60.2 Å². The predicted octanol–water partition coefficient (Wildman–Crippen LogP) is 4.27. The molecule has 0 fully saturated rings. The molecule has 1 N–H and O–H groups in total. The van der Waals surface area contributed by atoms with Crippen molar-refractivity contribution in [2.75, 3.05) is 19.6 Å². The number of benzene rings is 1. The summed E-state index contributed by atoms with van der Waals surface area (Å²) in [6, 6.07) is 7.92. The molecule has 31 heavy (non-hydrogen) atoms. The topological polar surface area (TPSA) is 67.2 Å². The average molecular weight is 429 g/mol. The molecular weight excluding hydrogens is 388 g/mol. The second-order valence-corrected chi connectivity index (χ2v) is 9.24. The van der Waals surface area contributed by atoms with Gasteiger partial charge in [0.2, 0.25) is 11.8 Å². The predicted molar refractivity (Wildman–Crippen MR) is 127 cm³/mol. The lowest BCUT2D eigenvalue weighted by atomic mass is 10.0. The van der Waals surface area contributed by atoms with E-state index in [1.54, 1.807) is 0 Å². The van der Waals surface area contributed by atoms with Crippen molar-refractivity contribution in [3.63, 3.8) is 0 Å². The first-order valence-corrected chi connectivity index (χ1v) is 11.8. The fourth-order valence-corrected chi connectivity index (χ4v) is 3.99. The van der Waals surface area contributed by atoms with Crippen molar-refractivity contribution < 1.29 is 9.59 Å². The monoisotopic (exact) mass is 428 g/mol. The minimum absolute atomic E-state index is 0.0565.